The minimum absolute atomic E-state index is 0.756. The van der Waals surface area contributed by atoms with Crippen LogP contribution in [0.5, 0.6) is 0 Å². The SMILES string of the molecule is CNc1cnc(-c2cccc3cccnc23)cn1. The van der Waals surface area contributed by atoms with Gasteiger partial charge in [-0.2, -0.15) is 0 Å². The predicted octanol–water partition coefficient (Wildman–Crippen LogP) is 2.73. The van der Waals surface area contributed by atoms with Crippen LogP contribution in [0.4, 0.5) is 5.82 Å². The molecule has 0 unspecified atom stereocenters. The molecule has 18 heavy (non-hydrogen) atoms. The number of hydrogen-bond acceptors (Lipinski definition) is 4. The van der Waals surface area contributed by atoms with Crippen LogP contribution in [0.1, 0.15) is 0 Å². The van der Waals surface area contributed by atoms with E-state index in [4.69, 9.17) is 0 Å². The fourth-order valence-corrected chi connectivity index (χ4v) is 1.91. The van der Waals surface area contributed by atoms with Crippen LogP contribution in [0.25, 0.3) is 22.2 Å². The molecule has 0 spiro atoms. The van der Waals surface area contributed by atoms with E-state index in [1.165, 1.54) is 0 Å². The van der Waals surface area contributed by atoms with E-state index < -0.39 is 0 Å². The second kappa shape index (κ2) is 4.41. The molecule has 1 aromatic carbocycles. The Balaban J connectivity index is 2.18. The first-order valence-electron chi connectivity index (χ1n) is 5.72. The van der Waals surface area contributed by atoms with E-state index in [9.17, 15) is 0 Å². The number of benzene rings is 1. The van der Waals surface area contributed by atoms with Gasteiger partial charge in [-0.25, -0.2) is 4.98 Å². The Morgan fingerprint density at radius 3 is 2.61 bits per heavy atom. The minimum Gasteiger partial charge on any atom is -0.372 e. The number of hydrogen-bond donors (Lipinski definition) is 1. The standard InChI is InChI=1S/C14H12N4/c1-15-13-9-17-12(8-18-13)11-6-2-4-10-5-3-7-16-14(10)11/h2-9H,1H3,(H,15,18). The second-order valence-corrected chi connectivity index (χ2v) is 3.92. The summed E-state index contributed by atoms with van der Waals surface area (Å²) in [5, 5.41) is 4.06. The maximum atomic E-state index is 4.42. The molecule has 0 saturated heterocycles. The van der Waals surface area contributed by atoms with Gasteiger partial charge in [-0.1, -0.05) is 24.3 Å². The van der Waals surface area contributed by atoms with Gasteiger partial charge >= 0.3 is 0 Å². The van der Waals surface area contributed by atoms with E-state index in [0.29, 0.717) is 0 Å². The Morgan fingerprint density at radius 2 is 1.83 bits per heavy atom. The lowest BCUT2D eigenvalue weighted by molar-refractivity contribution is 1.19. The van der Waals surface area contributed by atoms with Gasteiger partial charge < -0.3 is 5.32 Å². The zero-order chi connectivity index (χ0) is 12.4. The molecule has 4 heteroatoms. The largest absolute Gasteiger partial charge is 0.372 e. The Morgan fingerprint density at radius 1 is 0.944 bits per heavy atom. The number of anilines is 1. The van der Waals surface area contributed by atoms with Crippen LogP contribution in [0.15, 0.2) is 48.9 Å². The van der Waals surface area contributed by atoms with Crippen molar-refractivity contribution in [1.29, 1.82) is 0 Å². The minimum atomic E-state index is 0.756. The molecule has 2 aromatic heterocycles. The number of para-hydroxylation sites is 1. The smallest absolute Gasteiger partial charge is 0.144 e. The molecule has 0 aliphatic rings. The van der Waals surface area contributed by atoms with Crippen molar-refractivity contribution in [3.05, 3.63) is 48.9 Å². The van der Waals surface area contributed by atoms with Crippen molar-refractivity contribution >= 4 is 16.7 Å². The highest BCUT2D eigenvalue weighted by atomic mass is 15.0. The summed E-state index contributed by atoms with van der Waals surface area (Å²) in [4.78, 5) is 13.1. The number of aromatic nitrogens is 3. The highest BCUT2D eigenvalue weighted by Crippen LogP contribution is 2.24. The van der Waals surface area contributed by atoms with Crippen molar-refractivity contribution in [3.63, 3.8) is 0 Å². The zero-order valence-corrected chi connectivity index (χ0v) is 9.96. The third-order valence-corrected chi connectivity index (χ3v) is 2.82. The van der Waals surface area contributed by atoms with Crippen molar-refractivity contribution in [3.8, 4) is 11.3 Å². The van der Waals surface area contributed by atoms with Gasteiger partial charge in [0.2, 0.25) is 0 Å². The number of pyridine rings is 1. The molecule has 0 radical (unpaired) electrons. The van der Waals surface area contributed by atoms with Crippen LogP contribution < -0.4 is 5.32 Å². The average Bonchev–Trinajstić information content (AvgIpc) is 2.47. The highest BCUT2D eigenvalue weighted by Gasteiger charge is 2.05. The average molecular weight is 236 g/mol. The quantitative estimate of drug-likeness (QED) is 0.743. The highest BCUT2D eigenvalue weighted by molar-refractivity contribution is 5.92. The van der Waals surface area contributed by atoms with Gasteiger partial charge in [0.05, 0.1) is 23.6 Å². The van der Waals surface area contributed by atoms with Crippen molar-refractivity contribution in [2.24, 2.45) is 0 Å². The Bertz CT molecular complexity index is 671. The zero-order valence-electron chi connectivity index (χ0n) is 9.96. The van der Waals surface area contributed by atoms with E-state index in [0.717, 1.165) is 28.0 Å². The number of rotatable bonds is 2. The second-order valence-electron chi connectivity index (χ2n) is 3.92. The van der Waals surface area contributed by atoms with E-state index in [-0.39, 0.29) is 0 Å². The fraction of sp³-hybridized carbons (Fsp3) is 0.0714. The molecular formula is C14H12N4. The van der Waals surface area contributed by atoms with Crippen molar-refractivity contribution in [2.45, 2.75) is 0 Å². The van der Waals surface area contributed by atoms with Gasteiger partial charge in [0.15, 0.2) is 0 Å². The topological polar surface area (TPSA) is 50.7 Å². The van der Waals surface area contributed by atoms with Gasteiger partial charge in [-0.05, 0) is 6.07 Å². The first-order chi connectivity index (χ1) is 8.88. The molecule has 3 aromatic rings. The summed E-state index contributed by atoms with van der Waals surface area (Å²) >= 11 is 0. The predicted molar refractivity (Wildman–Crippen MR) is 72.3 cm³/mol. The Labute approximate surface area is 105 Å². The molecule has 4 nitrogen and oxygen atoms in total. The summed E-state index contributed by atoms with van der Waals surface area (Å²) < 4.78 is 0. The molecule has 0 aliphatic heterocycles. The van der Waals surface area contributed by atoms with E-state index in [1.54, 1.807) is 18.6 Å². The van der Waals surface area contributed by atoms with E-state index in [2.05, 4.69) is 20.3 Å². The van der Waals surface area contributed by atoms with Gasteiger partial charge in [0.1, 0.15) is 5.82 Å². The Kier molecular flexibility index (Phi) is 2.61. The first kappa shape index (κ1) is 10.7. The van der Waals surface area contributed by atoms with Crippen LogP contribution in [0, 0.1) is 0 Å². The lowest BCUT2D eigenvalue weighted by Gasteiger charge is -2.05. The van der Waals surface area contributed by atoms with Crippen LogP contribution in [-0.2, 0) is 0 Å². The molecule has 0 bridgehead atoms. The van der Waals surface area contributed by atoms with Gasteiger partial charge in [-0.15, -0.1) is 0 Å². The van der Waals surface area contributed by atoms with Crippen molar-refractivity contribution in [1.82, 2.24) is 15.0 Å². The molecule has 0 saturated carbocycles. The molecule has 0 atom stereocenters. The molecule has 2 heterocycles. The summed E-state index contributed by atoms with van der Waals surface area (Å²) in [5.41, 5.74) is 2.79. The summed E-state index contributed by atoms with van der Waals surface area (Å²) in [7, 11) is 1.82. The molecule has 88 valence electrons. The van der Waals surface area contributed by atoms with Crippen molar-refractivity contribution < 1.29 is 0 Å². The third-order valence-electron chi connectivity index (χ3n) is 2.82. The molecule has 3 rings (SSSR count). The molecule has 1 N–H and O–H groups in total. The van der Waals surface area contributed by atoms with Crippen molar-refractivity contribution in [2.75, 3.05) is 12.4 Å². The van der Waals surface area contributed by atoms with Gasteiger partial charge in [0, 0.05) is 24.2 Å². The van der Waals surface area contributed by atoms with Gasteiger partial charge in [0.25, 0.3) is 0 Å². The summed E-state index contributed by atoms with van der Waals surface area (Å²) in [6.45, 7) is 0. The summed E-state index contributed by atoms with van der Waals surface area (Å²) in [5.74, 6) is 0.756. The maximum Gasteiger partial charge on any atom is 0.144 e. The Hall–Kier alpha value is -2.49. The molecular weight excluding hydrogens is 224 g/mol. The lowest BCUT2D eigenvalue weighted by atomic mass is 10.1. The normalized spacial score (nSPS) is 10.5. The van der Waals surface area contributed by atoms with Crippen LogP contribution in [0.3, 0.4) is 0 Å². The van der Waals surface area contributed by atoms with Gasteiger partial charge in [-0.3, -0.25) is 9.97 Å². The van der Waals surface area contributed by atoms with Crippen LogP contribution in [0.2, 0.25) is 0 Å². The number of nitrogens with zero attached hydrogens (tertiary/aromatic N) is 3. The number of nitrogens with one attached hydrogen (secondary N) is 1. The summed E-state index contributed by atoms with van der Waals surface area (Å²) in [6.07, 6.45) is 5.27. The molecule has 0 amide bonds. The fourth-order valence-electron chi connectivity index (χ4n) is 1.91. The third kappa shape index (κ3) is 1.78. The molecule has 0 aliphatic carbocycles. The van der Waals surface area contributed by atoms with Crippen LogP contribution >= 0.6 is 0 Å². The van der Waals surface area contributed by atoms with E-state index >= 15 is 0 Å². The van der Waals surface area contributed by atoms with Crippen LogP contribution in [-0.4, -0.2) is 22.0 Å². The lowest BCUT2D eigenvalue weighted by Crippen LogP contribution is -1.94. The maximum absolute atomic E-state index is 4.42. The monoisotopic (exact) mass is 236 g/mol. The van der Waals surface area contributed by atoms with E-state index in [1.807, 2.05) is 37.4 Å². The number of fused-ring (bicyclic) bond motifs is 1. The molecule has 0 fully saturated rings. The first-order valence-corrected chi connectivity index (χ1v) is 5.72. The summed E-state index contributed by atoms with van der Waals surface area (Å²) in [6, 6.07) is 10.0.